The number of carbonyl (C=O) groups is 1. The van der Waals surface area contributed by atoms with Gasteiger partial charge in [0.1, 0.15) is 0 Å². The Hall–Kier alpha value is -2.13. The number of carboxylic acids is 1. The third-order valence-electron chi connectivity index (χ3n) is 3.36. The SMILES string of the molecule is CN(Cc1ccccc1)[C@H](CC(=O)O)c1ccccc1. The molecule has 0 bridgehead atoms. The number of hydrogen-bond donors (Lipinski definition) is 1. The quantitative estimate of drug-likeness (QED) is 0.874. The largest absolute Gasteiger partial charge is 0.481 e. The highest BCUT2D eigenvalue weighted by Gasteiger charge is 2.20. The zero-order valence-corrected chi connectivity index (χ0v) is 11.6. The molecule has 20 heavy (non-hydrogen) atoms. The molecular formula is C17H19NO2. The van der Waals surface area contributed by atoms with Crippen molar-refractivity contribution in [2.45, 2.75) is 19.0 Å². The lowest BCUT2D eigenvalue weighted by Crippen LogP contribution is -2.26. The summed E-state index contributed by atoms with van der Waals surface area (Å²) in [4.78, 5) is 13.2. The summed E-state index contributed by atoms with van der Waals surface area (Å²) in [6, 6.07) is 19.8. The van der Waals surface area contributed by atoms with Gasteiger partial charge < -0.3 is 5.11 Å². The van der Waals surface area contributed by atoms with E-state index in [1.807, 2.05) is 55.6 Å². The van der Waals surface area contributed by atoms with Crippen molar-refractivity contribution in [2.75, 3.05) is 7.05 Å². The molecule has 0 spiro atoms. The van der Waals surface area contributed by atoms with Crippen LogP contribution in [0.5, 0.6) is 0 Å². The van der Waals surface area contributed by atoms with Gasteiger partial charge in [0.25, 0.3) is 0 Å². The summed E-state index contributed by atoms with van der Waals surface area (Å²) in [5.74, 6) is -0.779. The molecule has 0 aliphatic rings. The molecule has 2 aromatic rings. The number of rotatable bonds is 6. The summed E-state index contributed by atoms with van der Waals surface area (Å²) in [5.41, 5.74) is 2.22. The Balaban J connectivity index is 2.16. The predicted octanol–water partition coefficient (Wildman–Crippen LogP) is 3.33. The van der Waals surface area contributed by atoms with Crippen LogP contribution in [-0.2, 0) is 11.3 Å². The summed E-state index contributed by atoms with van der Waals surface area (Å²) in [6.45, 7) is 0.730. The van der Waals surface area contributed by atoms with Gasteiger partial charge in [-0.3, -0.25) is 9.69 Å². The second kappa shape index (κ2) is 6.87. The maximum absolute atomic E-state index is 11.1. The lowest BCUT2D eigenvalue weighted by atomic mass is 10.0. The van der Waals surface area contributed by atoms with Gasteiger partial charge in [0.2, 0.25) is 0 Å². The zero-order valence-electron chi connectivity index (χ0n) is 11.6. The van der Waals surface area contributed by atoms with Crippen LogP contribution in [0.3, 0.4) is 0 Å². The topological polar surface area (TPSA) is 40.5 Å². The minimum absolute atomic E-state index is 0.105. The summed E-state index contributed by atoms with van der Waals surface area (Å²) < 4.78 is 0. The lowest BCUT2D eigenvalue weighted by molar-refractivity contribution is -0.138. The van der Waals surface area contributed by atoms with Crippen molar-refractivity contribution in [3.8, 4) is 0 Å². The third kappa shape index (κ3) is 3.93. The van der Waals surface area contributed by atoms with E-state index < -0.39 is 5.97 Å². The second-order valence-corrected chi connectivity index (χ2v) is 4.93. The molecule has 0 heterocycles. The van der Waals surface area contributed by atoms with Gasteiger partial charge >= 0.3 is 5.97 Å². The van der Waals surface area contributed by atoms with Crippen LogP contribution in [0.2, 0.25) is 0 Å². The van der Waals surface area contributed by atoms with Crippen LogP contribution < -0.4 is 0 Å². The first-order valence-electron chi connectivity index (χ1n) is 6.67. The minimum Gasteiger partial charge on any atom is -0.481 e. The van der Waals surface area contributed by atoms with Crippen molar-refractivity contribution in [1.29, 1.82) is 0 Å². The van der Waals surface area contributed by atoms with E-state index in [0.717, 1.165) is 12.1 Å². The Morgan fingerprint density at radius 2 is 1.60 bits per heavy atom. The molecule has 0 aromatic heterocycles. The number of nitrogens with zero attached hydrogens (tertiary/aromatic N) is 1. The van der Waals surface area contributed by atoms with E-state index in [2.05, 4.69) is 17.0 Å². The van der Waals surface area contributed by atoms with Crippen LogP contribution in [0.4, 0.5) is 0 Å². The smallest absolute Gasteiger partial charge is 0.305 e. The molecule has 0 aliphatic carbocycles. The highest BCUT2D eigenvalue weighted by atomic mass is 16.4. The van der Waals surface area contributed by atoms with Crippen LogP contribution in [-0.4, -0.2) is 23.0 Å². The molecule has 104 valence electrons. The fourth-order valence-corrected chi connectivity index (χ4v) is 2.35. The fourth-order valence-electron chi connectivity index (χ4n) is 2.35. The normalized spacial score (nSPS) is 12.3. The van der Waals surface area contributed by atoms with E-state index in [4.69, 9.17) is 5.11 Å². The first-order chi connectivity index (χ1) is 9.66. The molecule has 0 radical (unpaired) electrons. The third-order valence-corrected chi connectivity index (χ3v) is 3.36. The van der Waals surface area contributed by atoms with Gasteiger partial charge in [-0.1, -0.05) is 60.7 Å². The first kappa shape index (κ1) is 14.3. The van der Waals surface area contributed by atoms with Crippen LogP contribution in [0.15, 0.2) is 60.7 Å². The maximum atomic E-state index is 11.1. The standard InChI is InChI=1S/C17H19NO2/c1-18(13-14-8-4-2-5-9-14)16(12-17(19)20)15-10-6-3-7-11-15/h2-11,16H,12-13H2,1H3,(H,19,20)/t16-/m1/s1. The molecule has 3 nitrogen and oxygen atoms in total. The summed E-state index contributed by atoms with van der Waals surface area (Å²) >= 11 is 0. The van der Waals surface area contributed by atoms with Crippen LogP contribution in [0, 0.1) is 0 Å². The van der Waals surface area contributed by atoms with E-state index >= 15 is 0 Å². The van der Waals surface area contributed by atoms with E-state index in [-0.39, 0.29) is 12.5 Å². The van der Waals surface area contributed by atoms with E-state index in [1.54, 1.807) is 0 Å². The Kier molecular flexibility index (Phi) is 4.91. The molecule has 0 unspecified atom stereocenters. The molecule has 2 rings (SSSR count). The molecule has 0 saturated heterocycles. The van der Waals surface area contributed by atoms with Gasteiger partial charge in [-0.2, -0.15) is 0 Å². The highest BCUT2D eigenvalue weighted by Crippen LogP contribution is 2.24. The lowest BCUT2D eigenvalue weighted by Gasteiger charge is -2.27. The average Bonchev–Trinajstić information content (AvgIpc) is 2.46. The van der Waals surface area contributed by atoms with Gasteiger partial charge in [-0.25, -0.2) is 0 Å². The molecular weight excluding hydrogens is 250 g/mol. The Morgan fingerprint density at radius 1 is 1.05 bits per heavy atom. The van der Waals surface area contributed by atoms with Crippen molar-refractivity contribution in [2.24, 2.45) is 0 Å². The van der Waals surface area contributed by atoms with Crippen molar-refractivity contribution >= 4 is 5.97 Å². The fraction of sp³-hybridized carbons (Fsp3) is 0.235. The van der Waals surface area contributed by atoms with Gasteiger partial charge in [-0.05, 0) is 18.2 Å². The van der Waals surface area contributed by atoms with E-state index in [0.29, 0.717) is 0 Å². The number of hydrogen-bond acceptors (Lipinski definition) is 2. The summed E-state index contributed by atoms with van der Waals surface area (Å²) in [5, 5.41) is 9.13. The summed E-state index contributed by atoms with van der Waals surface area (Å²) in [6.07, 6.45) is 0.105. The minimum atomic E-state index is -0.779. The van der Waals surface area contributed by atoms with Crippen molar-refractivity contribution in [1.82, 2.24) is 4.90 Å². The molecule has 0 amide bonds. The van der Waals surface area contributed by atoms with Crippen molar-refractivity contribution < 1.29 is 9.90 Å². The summed E-state index contributed by atoms with van der Waals surface area (Å²) in [7, 11) is 1.97. The van der Waals surface area contributed by atoms with Crippen LogP contribution >= 0.6 is 0 Å². The Morgan fingerprint density at radius 3 is 2.15 bits per heavy atom. The Bertz CT molecular complexity index is 539. The predicted molar refractivity (Wildman–Crippen MR) is 79.3 cm³/mol. The average molecular weight is 269 g/mol. The van der Waals surface area contributed by atoms with Crippen LogP contribution in [0.1, 0.15) is 23.6 Å². The first-order valence-corrected chi connectivity index (χ1v) is 6.67. The van der Waals surface area contributed by atoms with Gasteiger partial charge in [-0.15, -0.1) is 0 Å². The number of aliphatic carboxylic acids is 1. The second-order valence-electron chi connectivity index (χ2n) is 4.93. The van der Waals surface area contributed by atoms with Gasteiger partial charge in [0.15, 0.2) is 0 Å². The zero-order chi connectivity index (χ0) is 14.4. The van der Waals surface area contributed by atoms with Crippen molar-refractivity contribution in [3.63, 3.8) is 0 Å². The van der Waals surface area contributed by atoms with Crippen LogP contribution in [0.25, 0.3) is 0 Å². The maximum Gasteiger partial charge on any atom is 0.305 e. The molecule has 1 N–H and O–H groups in total. The monoisotopic (exact) mass is 269 g/mol. The van der Waals surface area contributed by atoms with E-state index in [9.17, 15) is 4.79 Å². The molecule has 1 atom stereocenters. The highest BCUT2D eigenvalue weighted by molar-refractivity contribution is 5.67. The molecule has 0 aliphatic heterocycles. The number of carboxylic acid groups (broad SMARTS) is 1. The van der Waals surface area contributed by atoms with Gasteiger partial charge in [0.05, 0.1) is 6.42 Å². The van der Waals surface area contributed by atoms with Crippen molar-refractivity contribution in [3.05, 3.63) is 71.8 Å². The molecule has 3 heteroatoms. The Labute approximate surface area is 119 Å². The van der Waals surface area contributed by atoms with E-state index in [1.165, 1.54) is 5.56 Å². The molecule has 0 fully saturated rings. The molecule has 2 aromatic carbocycles. The van der Waals surface area contributed by atoms with Gasteiger partial charge in [0, 0.05) is 12.6 Å². The number of benzene rings is 2. The molecule has 0 saturated carbocycles.